The van der Waals surface area contributed by atoms with Gasteiger partial charge in [-0.3, -0.25) is 0 Å². The van der Waals surface area contributed by atoms with E-state index < -0.39 is 0 Å². The van der Waals surface area contributed by atoms with Crippen LogP contribution in [0.5, 0.6) is 0 Å². The normalized spacial score (nSPS) is 25.5. The van der Waals surface area contributed by atoms with Crippen molar-refractivity contribution in [2.24, 2.45) is 5.73 Å². The zero-order chi connectivity index (χ0) is 13.1. The topological polar surface area (TPSA) is 64.3 Å². The zero-order valence-electron chi connectivity index (χ0n) is 11.3. The maximum atomic E-state index is 6.00. The number of ether oxygens (including phenoxy) is 1. The molecule has 0 aliphatic carbocycles. The van der Waals surface area contributed by atoms with E-state index in [0.29, 0.717) is 5.92 Å². The monoisotopic (exact) mass is 262 g/mol. The molecule has 2 N–H and O–H groups in total. The molecule has 104 valence electrons. The molecule has 0 saturated carbocycles. The van der Waals surface area contributed by atoms with Gasteiger partial charge >= 0.3 is 0 Å². The maximum absolute atomic E-state index is 6.00. The van der Waals surface area contributed by atoms with Crippen LogP contribution in [0.15, 0.2) is 12.4 Å². The summed E-state index contributed by atoms with van der Waals surface area (Å²) in [5.74, 6) is 1.39. The molecule has 19 heavy (non-hydrogen) atoms. The smallest absolute Gasteiger partial charge is 0.225 e. The van der Waals surface area contributed by atoms with Crippen molar-refractivity contribution < 1.29 is 4.74 Å². The summed E-state index contributed by atoms with van der Waals surface area (Å²) >= 11 is 0. The predicted molar refractivity (Wildman–Crippen MR) is 74.2 cm³/mol. The molecule has 2 fully saturated rings. The van der Waals surface area contributed by atoms with Gasteiger partial charge in [0.2, 0.25) is 5.95 Å². The van der Waals surface area contributed by atoms with E-state index in [2.05, 4.69) is 14.9 Å². The molecule has 3 rings (SSSR count). The predicted octanol–water partition coefficient (Wildman–Crippen LogP) is 1.30. The quantitative estimate of drug-likeness (QED) is 0.870. The van der Waals surface area contributed by atoms with E-state index in [4.69, 9.17) is 10.5 Å². The Hall–Kier alpha value is -1.20. The standard InChI is InChI=1S/C14H22N4O/c15-13-2-1-5-18(10-13)14-16-8-12(9-17-14)11-3-6-19-7-4-11/h8-9,11,13H,1-7,10,15H2. The van der Waals surface area contributed by atoms with Crippen LogP contribution in [0.4, 0.5) is 5.95 Å². The number of piperidine rings is 1. The molecule has 0 bridgehead atoms. The first-order valence-corrected chi connectivity index (χ1v) is 7.23. The molecule has 0 radical (unpaired) electrons. The van der Waals surface area contributed by atoms with Crippen molar-refractivity contribution in [1.82, 2.24) is 9.97 Å². The van der Waals surface area contributed by atoms with E-state index in [0.717, 1.165) is 57.9 Å². The summed E-state index contributed by atoms with van der Waals surface area (Å²) in [6.07, 6.45) is 8.37. The Morgan fingerprint density at radius 2 is 1.89 bits per heavy atom. The van der Waals surface area contributed by atoms with Gasteiger partial charge in [0.25, 0.3) is 0 Å². The summed E-state index contributed by atoms with van der Waals surface area (Å²) in [6, 6.07) is 0.257. The minimum Gasteiger partial charge on any atom is -0.381 e. The van der Waals surface area contributed by atoms with Crippen LogP contribution in [0.2, 0.25) is 0 Å². The van der Waals surface area contributed by atoms with E-state index in [-0.39, 0.29) is 6.04 Å². The molecular weight excluding hydrogens is 240 g/mol. The maximum Gasteiger partial charge on any atom is 0.225 e. The SMILES string of the molecule is NC1CCCN(c2ncc(C3CCOCC3)cn2)C1. The minimum absolute atomic E-state index is 0.257. The number of hydrogen-bond acceptors (Lipinski definition) is 5. The van der Waals surface area contributed by atoms with Gasteiger partial charge in [-0.2, -0.15) is 0 Å². The first-order valence-electron chi connectivity index (χ1n) is 7.23. The van der Waals surface area contributed by atoms with Gasteiger partial charge in [-0.25, -0.2) is 9.97 Å². The van der Waals surface area contributed by atoms with Crippen LogP contribution >= 0.6 is 0 Å². The minimum atomic E-state index is 0.257. The molecule has 0 aromatic carbocycles. The molecule has 2 aliphatic rings. The molecule has 0 amide bonds. The zero-order valence-corrected chi connectivity index (χ0v) is 11.3. The average molecular weight is 262 g/mol. The van der Waals surface area contributed by atoms with E-state index in [1.165, 1.54) is 5.56 Å². The number of nitrogens with zero attached hydrogens (tertiary/aromatic N) is 3. The van der Waals surface area contributed by atoms with Crippen LogP contribution in [0.25, 0.3) is 0 Å². The van der Waals surface area contributed by atoms with E-state index in [9.17, 15) is 0 Å². The highest BCUT2D eigenvalue weighted by atomic mass is 16.5. The van der Waals surface area contributed by atoms with E-state index in [1.54, 1.807) is 0 Å². The second-order valence-electron chi connectivity index (χ2n) is 5.55. The van der Waals surface area contributed by atoms with Crippen LogP contribution in [0.3, 0.4) is 0 Å². The van der Waals surface area contributed by atoms with Gasteiger partial charge in [0, 0.05) is 44.7 Å². The molecule has 2 aliphatic heterocycles. The third-order valence-corrected chi connectivity index (χ3v) is 4.09. The Kier molecular flexibility index (Phi) is 3.94. The molecule has 2 saturated heterocycles. The third-order valence-electron chi connectivity index (χ3n) is 4.09. The number of hydrogen-bond donors (Lipinski definition) is 1. The summed E-state index contributed by atoms with van der Waals surface area (Å²) < 4.78 is 5.39. The Labute approximate surface area is 114 Å². The van der Waals surface area contributed by atoms with Crippen molar-refractivity contribution in [2.75, 3.05) is 31.2 Å². The summed E-state index contributed by atoms with van der Waals surface area (Å²) in [5, 5.41) is 0. The number of rotatable bonds is 2. The molecule has 3 heterocycles. The summed E-state index contributed by atoms with van der Waals surface area (Å²) in [6.45, 7) is 3.60. The lowest BCUT2D eigenvalue weighted by Gasteiger charge is -2.31. The van der Waals surface area contributed by atoms with Gasteiger partial charge in [0.15, 0.2) is 0 Å². The number of aromatic nitrogens is 2. The number of anilines is 1. The lowest BCUT2D eigenvalue weighted by molar-refractivity contribution is 0.0852. The van der Waals surface area contributed by atoms with Gasteiger partial charge in [0.05, 0.1) is 0 Å². The summed E-state index contributed by atoms with van der Waals surface area (Å²) in [7, 11) is 0. The van der Waals surface area contributed by atoms with Crippen molar-refractivity contribution in [3.8, 4) is 0 Å². The first kappa shape index (κ1) is 12.8. The van der Waals surface area contributed by atoms with Gasteiger partial charge in [0.1, 0.15) is 0 Å². The lowest BCUT2D eigenvalue weighted by atomic mass is 9.94. The molecule has 1 aromatic rings. The van der Waals surface area contributed by atoms with E-state index >= 15 is 0 Å². The fraction of sp³-hybridized carbons (Fsp3) is 0.714. The largest absolute Gasteiger partial charge is 0.381 e. The second kappa shape index (κ2) is 5.84. The molecular formula is C14H22N4O. The van der Waals surface area contributed by atoms with Gasteiger partial charge in [-0.15, -0.1) is 0 Å². The molecule has 5 nitrogen and oxygen atoms in total. The van der Waals surface area contributed by atoms with Crippen molar-refractivity contribution >= 4 is 5.95 Å². The fourth-order valence-corrected chi connectivity index (χ4v) is 2.93. The molecule has 5 heteroatoms. The molecule has 1 unspecified atom stereocenters. The Bertz CT molecular complexity index is 402. The fourth-order valence-electron chi connectivity index (χ4n) is 2.93. The van der Waals surface area contributed by atoms with Crippen molar-refractivity contribution in [2.45, 2.75) is 37.6 Å². The average Bonchev–Trinajstić information content (AvgIpc) is 2.48. The van der Waals surface area contributed by atoms with Gasteiger partial charge in [-0.1, -0.05) is 0 Å². The molecule has 1 aromatic heterocycles. The van der Waals surface area contributed by atoms with E-state index in [1.807, 2.05) is 12.4 Å². The Morgan fingerprint density at radius 3 is 2.58 bits per heavy atom. The highest BCUT2D eigenvalue weighted by Crippen LogP contribution is 2.26. The molecule has 1 atom stereocenters. The van der Waals surface area contributed by atoms with Crippen LogP contribution in [0, 0.1) is 0 Å². The number of nitrogens with two attached hydrogens (primary N) is 1. The highest BCUT2D eigenvalue weighted by molar-refractivity contribution is 5.31. The van der Waals surface area contributed by atoms with Crippen LogP contribution in [0.1, 0.15) is 37.2 Å². The second-order valence-corrected chi connectivity index (χ2v) is 5.55. The first-order chi connectivity index (χ1) is 9.33. The van der Waals surface area contributed by atoms with Crippen LogP contribution in [-0.4, -0.2) is 42.3 Å². The lowest BCUT2D eigenvalue weighted by Crippen LogP contribution is -2.43. The van der Waals surface area contributed by atoms with Crippen molar-refractivity contribution in [1.29, 1.82) is 0 Å². The van der Waals surface area contributed by atoms with Gasteiger partial charge < -0.3 is 15.4 Å². The Morgan fingerprint density at radius 1 is 1.16 bits per heavy atom. The third kappa shape index (κ3) is 3.04. The summed E-state index contributed by atoms with van der Waals surface area (Å²) in [4.78, 5) is 11.3. The molecule has 0 spiro atoms. The Balaban J connectivity index is 1.67. The van der Waals surface area contributed by atoms with Crippen LogP contribution < -0.4 is 10.6 Å². The summed E-state index contributed by atoms with van der Waals surface area (Å²) in [5.41, 5.74) is 7.24. The van der Waals surface area contributed by atoms with Gasteiger partial charge in [-0.05, 0) is 37.2 Å². The van der Waals surface area contributed by atoms with Crippen molar-refractivity contribution in [3.63, 3.8) is 0 Å². The van der Waals surface area contributed by atoms with Crippen LogP contribution in [-0.2, 0) is 4.74 Å². The highest BCUT2D eigenvalue weighted by Gasteiger charge is 2.20. The van der Waals surface area contributed by atoms with Crippen molar-refractivity contribution in [3.05, 3.63) is 18.0 Å².